The molecule has 0 aromatic heterocycles. The third-order valence-electron chi connectivity index (χ3n) is 4.91. The fourth-order valence-electron chi connectivity index (χ4n) is 3.41. The van der Waals surface area contributed by atoms with Crippen molar-refractivity contribution in [3.05, 3.63) is 96.1 Å². The van der Waals surface area contributed by atoms with Crippen molar-refractivity contribution in [2.45, 2.75) is 13.1 Å². The first-order valence-electron chi connectivity index (χ1n) is 8.90. The van der Waals surface area contributed by atoms with E-state index in [9.17, 15) is 0 Å². The molecule has 0 atom stereocenters. The third-order valence-corrected chi connectivity index (χ3v) is 4.91. The van der Waals surface area contributed by atoms with Gasteiger partial charge in [0.15, 0.2) is 0 Å². The Morgan fingerprint density at radius 3 is 1.85 bits per heavy atom. The maximum absolute atomic E-state index is 5.90. The predicted octanol–water partition coefficient (Wildman–Crippen LogP) is 5.09. The van der Waals surface area contributed by atoms with E-state index >= 15 is 0 Å². The van der Waals surface area contributed by atoms with E-state index in [1.165, 1.54) is 38.6 Å². The molecular formula is C24H22N2. The Balaban J connectivity index is 1.74. The van der Waals surface area contributed by atoms with Crippen LogP contribution < -0.4 is 11.5 Å². The zero-order valence-electron chi connectivity index (χ0n) is 14.7. The minimum atomic E-state index is 0.548. The highest BCUT2D eigenvalue weighted by Gasteiger charge is 2.06. The molecule has 0 saturated heterocycles. The monoisotopic (exact) mass is 338 g/mol. The van der Waals surface area contributed by atoms with Gasteiger partial charge in [0.2, 0.25) is 0 Å². The third kappa shape index (κ3) is 3.13. The second kappa shape index (κ2) is 7.12. The van der Waals surface area contributed by atoms with Crippen LogP contribution >= 0.6 is 0 Å². The molecule has 4 N–H and O–H groups in total. The van der Waals surface area contributed by atoms with Gasteiger partial charge in [0.05, 0.1) is 0 Å². The standard InChI is InChI=1S/C24H22N2/c25-15-17-5-7-18(8-6-17)19-9-10-21-14-22(12-11-20(21)13-19)24-4-2-1-3-23(24)16-26/h1-14H,15-16,25-26H2. The summed E-state index contributed by atoms with van der Waals surface area (Å²) in [6.45, 7) is 1.12. The first-order valence-corrected chi connectivity index (χ1v) is 8.90. The molecule has 0 spiro atoms. The number of fused-ring (bicyclic) bond motifs is 1. The largest absolute Gasteiger partial charge is 0.326 e. The van der Waals surface area contributed by atoms with Crippen molar-refractivity contribution in [2.75, 3.05) is 0 Å². The van der Waals surface area contributed by atoms with E-state index < -0.39 is 0 Å². The van der Waals surface area contributed by atoms with E-state index in [1.54, 1.807) is 0 Å². The van der Waals surface area contributed by atoms with Crippen LogP contribution in [-0.2, 0) is 13.1 Å². The van der Waals surface area contributed by atoms with Gasteiger partial charge in [-0.1, -0.05) is 72.8 Å². The van der Waals surface area contributed by atoms with Crippen LogP contribution in [0.2, 0.25) is 0 Å². The van der Waals surface area contributed by atoms with Crippen molar-refractivity contribution in [1.29, 1.82) is 0 Å². The van der Waals surface area contributed by atoms with Crippen LogP contribution in [0.25, 0.3) is 33.0 Å². The van der Waals surface area contributed by atoms with Gasteiger partial charge in [0.25, 0.3) is 0 Å². The maximum Gasteiger partial charge on any atom is 0.0184 e. The second-order valence-electron chi connectivity index (χ2n) is 6.54. The molecule has 0 aliphatic rings. The summed E-state index contributed by atoms with van der Waals surface area (Å²) in [7, 11) is 0. The van der Waals surface area contributed by atoms with Crippen molar-refractivity contribution in [3.8, 4) is 22.3 Å². The van der Waals surface area contributed by atoms with Gasteiger partial charge >= 0.3 is 0 Å². The summed E-state index contributed by atoms with van der Waals surface area (Å²) in [5.74, 6) is 0. The molecule has 26 heavy (non-hydrogen) atoms. The van der Waals surface area contributed by atoms with Gasteiger partial charge in [0.1, 0.15) is 0 Å². The fourth-order valence-corrected chi connectivity index (χ4v) is 3.41. The van der Waals surface area contributed by atoms with Crippen LogP contribution in [-0.4, -0.2) is 0 Å². The highest BCUT2D eigenvalue weighted by Crippen LogP contribution is 2.30. The van der Waals surface area contributed by atoms with E-state index in [0.29, 0.717) is 13.1 Å². The van der Waals surface area contributed by atoms with E-state index in [4.69, 9.17) is 11.5 Å². The Morgan fingerprint density at radius 1 is 0.538 bits per heavy atom. The van der Waals surface area contributed by atoms with Gasteiger partial charge in [0, 0.05) is 13.1 Å². The molecular weight excluding hydrogens is 316 g/mol. The first-order chi connectivity index (χ1) is 12.8. The molecule has 0 aliphatic carbocycles. The van der Waals surface area contributed by atoms with Crippen LogP contribution in [0.1, 0.15) is 11.1 Å². The van der Waals surface area contributed by atoms with Crippen LogP contribution in [0.3, 0.4) is 0 Å². The summed E-state index contributed by atoms with van der Waals surface area (Å²) in [4.78, 5) is 0. The normalized spacial score (nSPS) is 11.0. The molecule has 0 saturated carbocycles. The van der Waals surface area contributed by atoms with E-state index in [2.05, 4.69) is 78.9 Å². The summed E-state index contributed by atoms with van der Waals surface area (Å²) in [5, 5.41) is 2.47. The van der Waals surface area contributed by atoms with Crippen molar-refractivity contribution in [3.63, 3.8) is 0 Å². The van der Waals surface area contributed by atoms with Crippen LogP contribution in [0, 0.1) is 0 Å². The number of hydrogen-bond acceptors (Lipinski definition) is 2. The molecule has 4 aromatic rings. The lowest BCUT2D eigenvalue weighted by Crippen LogP contribution is -1.98. The quantitative estimate of drug-likeness (QED) is 0.544. The van der Waals surface area contributed by atoms with Crippen LogP contribution in [0.5, 0.6) is 0 Å². The second-order valence-corrected chi connectivity index (χ2v) is 6.54. The van der Waals surface area contributed by atoms with Crippen molar-refractivity contribution >= 4 is 10.8 Å². The maximum atomic E-state index is 5.90. The summed E-state index contributed by atoms with van der Waals surface area (Å²) in [6.07, 6.45) is 0. The van der Waals surface area contributed by atoms with Gasteiger partial charge in [-0.2, -0.15) is 0 Å². The minimum Gasteiger partial charge on any atom is -0.326 e. The molecule has 0 unspecified atom stereocenters. The number of rotatable bonds is 4. The molecule has 128 valence electrons. The SMILES string of the molecule is NCc1ccc(-c2ccc3cc(-c4ccccc4CN)ccc3c2)cc1. The minimum absolute atomic E-state index is 0.548. The molecule has 0 aliphatic heterocycles. The summed E-state index contributed by atoms with van der Waals surface area (Å²) >= 11 is 0. The average molecular weight is 338 g/mol. The van der Waals surface area contributed by atoms with Crippen molar-refractivity contribution in [1.82, 2.24) is 0 Å². The smallest absolute Gasteiger partial charge is 0.0184 e. The van der Waals surface area contributed by atoms with E-state index in [1.807, 2.05) is 6.07 Å². The molecule has 0 radical (unpaired) electrons. The molecule has 0 bridgehead atoms. The van der Waals surface area contributed by atoms with E-state index in [0.717, 1.165) is 5.56 Å². The molecule has 2 heteroatoms. The fraction of sp³-hybridized carbons (Fsp3) is 0.0833. The van der Waals surface area contributed by atoms with Gasteiger partial charge < -0.3 is 11.5 Å². The highest BCUT2D eigenvalue weighted by atomic mass is 14.5. The number of benzene rings is 4. The number of nitrogens with two attached hydrogens (primary N) is 2. The zero-order chi connectivity index (χ0) is 17.9. The Bertz CT molecular complexity index is 1050. The van der Waals surface area contributed by atoms with Gasteiger partial charge in [-0.25, -0.2) is 0 Å². The summed E-state index contributed by atoms with van der Waals surface area (Å²) in [5.41, 5.74) is 18.7. The van der Waals surface area contributed by atoms with Crippen molar-refractivity contribution in [2.24, 2.45) is 11.5 Å². The summed E-state index contributed by atoms with van der Waals surface area (Å²) in [6, 6.07) is 30.0. The Hall–Kier alpha value is -2.94. The zero-order valence-corrected chi connectivity index (χ0v) is 14.7. The Morgan fingerprint density at radius 2 is 1.15 bits per heavy atom. The van der Waals surface area contributed by atoms with Crippen molar-refractivity contribution < 1.29 is 0 Å². The van der Waals surface area contributed by atoms with Crippen LogP contribution in [0.4, 0.5) is 0 Å². The molecule has 2 nitrogen and oxygen atoms in total. The summed E-state index contributed by atoms with van der Waals surface area (Å²) < 4.78 is 0. The topological polar surface area (TPSA) is 52.0 Å². The Kier molecular flexibility index (Phi) is 4.53. The average Bonchev–Trinajstić information content (AvgIpc) is 2.73. The predicted molar refractivity (Wildman–Crippen MR) is 111 cm³/mol. The molecule has 0 amide bonds. The molecule has 4 rings (SSSR count). The van der Waals surface area contributed by atoms with Crippen LogP contribution in [0.15, 0.2) is 84.9 Å². The lowest BCUT2D eigenvalue weighted by molar-refractivity contribution is 1.07. The van der Waals surface area contributed by atoms with Gasteiger partial charge in [-0.3, -0.25) is 0 Å². The molecule has 0 fully saturated rings. The van der Waals surface area contributed by atoms with Gasteiger partial charge in [-0.05, 0) is 56.3 Å². The van der Waals surface area contributed by atoms with E-state index in [-0.39, 0.29) is 0 Å². The highest BCUT2D eigenvalue weighted by molar-refractivity contribution is 5.91. The Labute approximate surface area is 154 Å². The first kappa shape index (κ1) is 16.5. The molecule has 4 aromatic carbocycles. The lowest BCUT2D eigenvalue weighted by Gasteiger charge is -2.10. The van der Waals surface area contributed by atoms with Gasteiger partial charge in [-0.15, -0.1) is 0 Å². The molecule has 0 heterocycles. The number of hydrogen-bond donors (Lipinski definition) is 2. The lowest BCUT2D eigenvalue weighted by atomic mass is 9.95.